The second kappa shape index (κ2) is 9.65. The number of carbonyl (C=O) groups is 2. The van der Waals surface area contributed by atoms with Gasteiger partial charge in [0.05, 0.1) is 6.42 Å². The van der Waals surface area contributed by atoms with E-state index in [4.69, 9.17) is 4.74 Å². The summed E-state index contributed by atoms with van der Waals surface area (Å²) in [6.45, 7) is 9.84. The van der Waals surface area contributed by atoms with Gasteiger partial charge in [0.1, 0.15) is 5.75 Å². The molecular formula is C24H32N2O3S. The smallest absolute Gasteiger partial charge is 0.260 e. The summed E-state index contributed by atoms with van der Waals surface area (Å²) in [6.07, 6.45) is 1.98. The van der Waals surface area contributed by atoms with E-state index in [1.807, 2.05) is 34.5 Å². The van der Waals surface area contributed by atoms with Crippen molar-refractivity contribution in [2.75, 3.05) is 19.7 Å². The lowest BCUT2D eigenvalue weighted by Crippen LogP contribution is -2.48. The first kappa shape index (κ1) is 22.3. The highest BCUT2D eigenvalue weighted by Gasteiger charge is 2.25. The number of ether oxygens (including phenoxy) is 1. The fourth-order valence-corrected chi connectivity index (χ4v) is 4.41. The lowest BCUT2D eigenvalue weighted by atomic mass is 9.85. The standard InChI is InChI=1S/C24H32N2O3S/c1-17-7-8-21(20(14-17)24(2,3)4)29-16-23(28)26-11-9-18(10-12-26)25-22(27)15-19-6-5-13-30-19/h5-8,13-14,18H,9-12,15-16H2,1-4H3,(H,25,27). The minimum Gasteiger partial charge on any atom is -0.483 e. The maximum Gasteiger partial charge on any atom is 0.260 e. The number of carbonyl (C=O) groups excluding carboxylic acids is 2. The molecule has 1 aromatic heterocycles. The third kappa shape index (κ3) is 6.08. The third-order valence-corrected chi connectivity index (χ3v) is 6.30. The minimum absolute atomic E-state index is 0.00111. The second-order valence-corrected chi connectivity index (χ2v) is 10.0. The molecule has 2 aromatic rings. The first-order valence-corrected chi connectivity index (χ1v) is 11.4. The molecule has 0 bridgehead atoms. The predicted molar refractivity (Wildman–Crippen MR) is 121 cm³/mol. The molecule has 0 aliphatic carbocycles. The van der Waals surface area contributed by atoms with Gasteiger partial charge in [-0.05, 0) is 48.3 Å². The Morgan fingerprint density at radius 1 is 1.20 bits per heavy atom. The molecule has 162 valence electrons. The maximum absolute atomic E-state index is 12.7. The van der Waals surface area contributed by atoms with Crippen LogP contribution in [0, 0.1) is 6.92 Å². The first-order chi connectivity index (χ1) is 14.2. The van der Waals surface area contributed by atoms with E-state index in [1.165, 1.54) is 5.56 Å². The highest BCUT2D eigenvalue weighted by molar-refractivity contribution is 7.10. The second-order valence-electron chi connectivity index (χ2n) is 9.02. The van der Waals surface area contributed by atoms with Crippen molar-refractivity contribution in [3.8, 4) is 5.75 Å². The zero-order valence-corrected chi connectivity index (χ0v) is 19.2. The van der Waals surface area contributed by atoms with Crippen molar-refractivity contribution in [2.45, 2.75) is 58.4 Å². The summed E-state index contributed by atoms with van der Waals surface area (Å²) < 4.78 is 5.92. The molecule has 0 spiro atoms. The van der Waals surface area contributed by atoms with Crippen molar-refractivity contribution in [1.82, 2.24) is 10.2 Å². The SMILES string of the molecule is Cc1ccc(OCC(=O)N2CCC(NC(=O)Cc3cccs3)CC2)c(C(C)(C)C)c1. The Balaban J connectivity index is 1.46. The zero-order valence-electron chi connectivity index (χ0n) is 18.4. The van der Waals surface area contributed by atoms with Crippen LogP contribution < -0.4 is 10.1 Å². The lowest BCUT2D eigenvalue weighted by molar-refractivity contribution is -0.134. The van der Waals surface area contributed by atoms with Crippen LogP contribution in [0.2, 0.25) is 0 Å². The summed E-state index contributed by atoms with van der Waals surface area (Å²) in [6, 6.07) is 10.2. The van der Waals surface area contributed by atoms with E-state index in [1.54, 1.807) is 11.3 Å². The van der Waals surface area contributed by atoms with Gasteiger partial charge in [0.15, 0.2) is 6.61 Å². The minimum atomic E-state index is -0.0515. The van der Waals surface area contributed by atoms with Crippen LogP contribution in [0.1, 0.15) is 49.6 Å². The summed E-state index contributed by atoms with van der Waals surface area (Å²) in [4.78, 5) is 27.8. The van der Waals surface area contributed by atoms with Crippen molar-refractivity contribution < 1.29 is 14.3 Å². The quantitative estimate of drug-likeness (QED) is 0.754. The van der Waals surface area contributed by atoms with E-state index in [2.05, 4.69) is 39.1 Å². The topological polar surface area (TPSA) is 58.6 Å². The molecule has 2 heterocycles. The molecule has 0 atom stereocenters. The molecule has 6 heteroatoms. The molecule has 30 heavy (non-hydrogen) atoms. The molecule has 2 amide bonds. The van der Waals surface area contributed by atoms with Crippen LogP contribution in [0.4, 0.5) is 0 Å². The van der Waals surface area contributed by atoms with Gasteiger partial charge >= 0.3 is 0 Å². The van der Waals surface area contributed by atoms with Gasteiger partial charge in [-0.1, -0.05) is 44.5 Å². The molecule has 1 aliphatic heterocycles. The Bertz CT molecular complexity index is 863. The summed E-state index contributed by atoms with van der Waals surface area (Å²) in [5, 5.41) is 5.08. The summed E-state index contributed by atoms with van der Waals surface area (Å²) in [7, 11) is 0. The highest BCUT2D eigenvalue weighted by atomic mass is 32.1. The fourth-order valence-electron chi connectivity index (χ4n) is 3.71. The number of hydrogen-bond donors (Lipinski definition) is 1. The van der Waals surface area contributed by atoms with Crippen LogP contribution in [0.3, 0.4) is 0 Å². The Morgan fingerprint density at radius 3 is 2.57 bits per heavy atom. The van der Waals surface area contributed by atoms with E-state index < -0.39 is 0 Å². The molecule has 1 fully saturated rings. The Morgan fingerprint density at radius 2 is 1.93 bits per heavy atom. The van der Waals surface area contributed by atoms with Crippen LogP contribution in [0.15, 0.2) is 35.7 Å². The number of nitrogens with one attached hydrogen (secondary N) is 1. The van der Waals surface area contributed by atoms with Crippen LogP contribution in [0.5, 0.6) is 5.75 Å². The normalized spacial score (nSPS) is 15.1. The van der Waals surface area contributed by atoms with Crippen LogP contribution >= 0.6 is 11.3 Å². The molecular weight excluding hydrogens is 396 g/mol. The van der Waals surface area contributed by atoms with E-state index >= 15 is 0 Å². The fraction of sp³-hybridized carbons (Fsp3) is 0.500. The monoisotopic (exact) mass is 428 g/mol. The van der Waals surface area contributed by atoms with Gasteiger partial charge in [-0.25, -0.2) is 0 Å². The van der Waals surface area contributed by atoms with E-state index in [-0.39, 0.29) is 29.9 Å². The van der Waals surface area contributed by atoms with Gasteiger partial charge < -0.3 is 15.0 Å². The average molecular weight is 429 g/mol. The van der Waals surface area contributed by atoms with Gasteiger partial charge in [0.25, 0.3) is 5.91 Å². The molecule has 1 aromatic carbocycles. The zero-order chi connectivity index (χ0) is 21.7. The van der Waals surface area contributed by atoms with E-state index in [0.717, 1.165) is 29.0 Å². The number of thiophene rings is 1. The predicted octanol–water partition coefficient (Wildman–Crippen LogP) is 4.08. The van der Waals surface area contributed by atoms with Gasteiger partial charge in [0.2, 0.25) is 5.91 Å². The van der Waals surface area contributed by atoms with Crippen LogP contribution in [-0.4, -0.2) is 42.5 Å². The number of amides is 2. The van der Waals surface area contributed by atoms with Crippen LogP contribution in [0.25, 0.3) is 0 Å². The number of aryl methyl sites for hydroxylation is 1. The summed E-state index contributed by atoms with van der Waals surface area (Å²) in [5.41, 5.74) is 2.24. The van der Waals surface area contributed by atoms with Gasteiger partial charge in [-0.3, -0.25) is 9.59 Å². The molecule has 1 aliphatic rings. The van der Waals surface area contributed by atoms with E-state index in [9.17, 15) is 9.59 Å². The van der Waals surface area contributed by atoms with Crippen molar-refractivity contribution in [1.29, 1.82) is 0 Å². The van der Waals surface area contributed by atoms with Crippen molar-refractivity contribution in [3.63, 3.8) is 0 Å². The average Bonchev–Trinajstić information content (AvgIpc) is 3.19. The largest absolute Gasteiger partial charge is 0.483 e. The van der Waals surface area contributed by atoms with Gasteiger partial charge in [0, 0.05) is 24.0 Å². The highest BCUT2D eigenvalue weighted by Crippen LogP contribution is 2.32. The van der Waals surface area contributed by atoms with Gasteiger partial charge in [-0.15, -0.1) is 11.3 Å². The van der Waals surface area contributed by atoms with Crippen molar-refractivity contribution in [3.05, 3.63) is 51.7 Å². The molecule has 3 rings (SSSR count). The Kier molecular flexibility index (Phi) is 7.19. The number of hydrogen-bond acceptors (Lipinski definition) is 4. The number of piperidine rings is 1. The number of nitrogens with zero attached hydrogens (tertiary/aromatic N) is 1. The Labute approximate surface area is 183 Å². The Hall–Kier alpha value is -2.34. The van der Waals surface area contributed by atoms with E-state index in [0.29, 0.717) is 19.5 Å². The first-order valence-electron chi connectivity index (χ1n) is 10.6. The number of rotatable bonds is 6. The number of likely N-dealkylation sites (tertiary alicyclic amines) is 1. The lowest BCUT2D eigenvalue weighted by Gasteiger charge is -2.32. The molecule has 0 radical (unpaired) electrons. The molecule has 0 saturated carbocycles. The molecule has 1 saturated heterocycles. The number of benzene rings is 1. The maximum atomic E-state index is 12.7. The van der Waals surface area contributed by atoms with Crippen molar-refractivity contribution >= 4 is 23.2 Å². The summed E-state index contributed by atoms with van der Waals surface area (Å²) in [5.74, 6) is 0.829. The van der Waals surface area contributed by atoms with Crippen LogP contribution in [-0.2, 0) is 21.4 Å². The summed E-state index contributed by atoms with van der Waals surface area (Å²) >= 11 is 1.60. The third-order valence-electron chi connectivity index (χ3n) is 5.42. The molecule has 0 unspecified atom stereocenters. The van der Waals surface area contributed by atoms with Gasteiger partial charge in [-0.2, -0.15) is 0 Å². The van der Waals surface area contributed by atoms with Crippen molar-refractivity contribution in [2.24, 2.45) is 0 Å². The molecule has 5 nitrogen and oxygen atoms in total. The molecule has 1 N–H and O–H groups in total.